The third kappa shape index (κ3) is 3.36. The third-order valence-corrected chi connectivity index (χ3v) is 3.11. The van der Waals surface area contributed by atoms with E-state index < -0.39 is 11.8 Å². The Labute approximate surface area is 121 Å². The standard InChI is InChI=1S/C14H17FN4O2/c1-4-12-17-13(19-18-12)7-16-11-6-9(14(20)21-3)5-10(15)8(11)2/h5-6,16H,4,7H2,1-3H3,(H,17,18,19). The zero-order chi connectivity index (χ0) is 15.4. The van der Waals surface area contributed by atoms with E-state index >= 15 is 0 Å². The number of aromatic amines is 1. The van der Waals surface area contributed by atoms with Crippen molar-refractivity contribution in [3.8, 4) is 0 Å². The number of nitrogens with zero attached hydrogens (tertiary/aromatic N) is 2. The zero-order valence-corrected chi connectivity index (χ0v) is 12.2. The Balaban J connectivity index is 2.18. The average Bonchev–Trinajstić information content (AvgIpc) is 2.95. The second kappa shape index (κ2) is 6.34. The quantitative estimate of drug-likeness (QED) is 0.826. The maximum absolute atomic E-state index is 13.8. The number of nitrogens with one attached hydrogen (secondary N) is 2. The molecule has 1 aromatic heterocycles. The number of carbonyl (C=O) groups excluding carboxylic acids is 1. The van der Waals surface area contributed by atoms with Crippen LogP contribution in [0.15, 0.2) is 12.1 Å². The SMILES string of the molecule is CCc1n[nH]c(CNc2cc(C(=O)OC)cc(F)c2C)n1. The van der Waals surface area contributed by atoms with Crippen LogP contribution in [0.5, 0.6) is 0 Å². The predicted octanol–water partition coefficient (Wildman–Crippen LogP) is 2.21. The molecule has 1 heterocycles. The van der Waals surface area contributed by atoms with Crippen LogP contribution in [0.25, 0.3) is 0 Å². The fourth-order valence-corrected chi connectivity index (χ4v) is 1.85. The van der Waals surface area contributed by atoms with Crippen LogP contribution in [0.4, 0.5) is 10.1 Å². The number of aromatic nitrogens is 3. The van der Waals surface area contributed by atoms with E-state index in [0.29, 0.717) is 23.6 Å². The number of H-pyrrole nitrogens is 1. The molecule has 0 fully saturated rings. The van der Waals surface area contributed by atoms with Crippen molar-refractivity contribution in [1.29, 1.82) is 0 Å². The number of methoxy groups -OCH3 is 1. The minimum Gasteiger partial charge on any atom is -0.465 e. The van der Waals surface area contributed by atoms with E-state index in [4.69, 9.17) is 0 Å². The summed E-state index contributed by atoms with van der Waals surface area (Å²) in [6, 6.07) is 2.72. The molecule has 0 aliphatic heterocycles. The van der Waals surface area contributed by atoms with Crippen molar-refractivity contribution in [2.75, 3.05) is 12.4 Å². The fourth-order valence-electron chi connectivity index (χ4n) is 1.85. The lowest BCUT2D eigenvalue weighted by molar-refractivity contribution is 0.0600. The van der Waals surface area contributed by atoms with E-state index in [1.54, 1.807) is 13.0 Å². The molecule has 0 radical (unpaired) electrons. The second-order valence-corrected chi connectivity index (χ2v) is 4.53. The monoisotopic (exact) mass is 292 g/mol. The zero-order valence-electron chi connectivity index (χ0n) is 12.2. The van der Waals surface area contributed by atoms with Gasteiger partial charge in [-0.3, -0.25) is 5.10 Å². The maximum atomic E-state index is 13.8. The Hall–Kier alpha value is -2.44. The number of aryl methyl sites for hydroxylation is 1. The normalized spacial score (nSPS) is 10.5. The van der Waals surface area contributed by atoms with E-state index in [1.807, 2.05) is 6.92 Å². The van der Waals surface area contributed by atoms with Crippen LogP contribution in [-0.2, 0) is 17.7 Å². The summed E-state index contributed by atoms with van der Waals surface area (Å²) in [6.07, 6.45) is 0.738. The molecule has 0 aliphatic carbocycles. The molecule has 0 saturated heterocycles. The van der Waals surface area contributed by atoms with Crippen molar-refractivity contribution >= 4 is 11.7 Å². The number of rotatable bonds is 5. The lowest BCUT2D eigenvalue weighted by Gasteiger charge is -2.11. The Morgan fingerprint density at radius 2 is 2.24 bits per heavy atom. The molecule has 112 valence electrons. The largest absolute Gasteiger partial charge is 0.465 e. The predicted molar refractivity (Wildman–Crippen MR) is 75.6 cm³/mol. The first-order valence-electron chi connectivity index (χ1n) is 6.57. The molecule has 2 rings (SSSR count). The number of halogens is 1. The van der Waals surface area contributed by atoms with Gasteiger partial charge in [0.05, 0.1) is 19.2 Å². The number of benzene rings is 1. The average molecular weight is 292 g/mol. The van der Waals surface area contributed by atoms with E-state index in [2.05, 4.69) is 25.2 Å². The van der Waals surface area contributed by atoms with Gasteiger partial charge in [-0.15, -0.1) is 0 Å². The maximum Gasteiger partial charge on any atom is 0.338 e. The summed E-state index contributed by atoms with van der Waals surface area (Å²) < 4.78 is 18.4. The van der Waals surface area contributed by atoms with Gasteiger partial charge in [0.2, 0.25) is 0 Å². The van der Waals surface area contributed by atoms with Gasteiger partial charge >= 0.3 is 5.97 Å². The lowest BCUT2D eigenvalue weighted by atomic mass is 10.1. The molecular weight excluding hydrogens is 275 g/mol. The number of esters is 1. The number of anilines is 1. The van der Waals surface area contributed by atoms with Crippen LogP contribution in [0.2, 0.25) is 0 Å². The first-order valence-corrected chi connectivity index (χ1v) is 6.57. The molecule has 0 atom stereocenters. The Bertz CT molecular complexity index is 654. The molecular formula is C14H17FN4O2. The molecule has 0 aliphatic rings. The van der Waals surface area contributed by atoms with Crippen molar-refractivity contribution in [1.82, 2.24) is 15.2 Å². The van der Waals surface area contributed by atoms with Crippen molar-refractivity contribution in [2.24, 2.45) is 0 Å². The van der Waals surface area contributed by atoms with Crippen LogP contribution in [0.3, 0.4) is 0 Å². The fraction of sp³-hybridized carbons (Fsp3) is 0.357. The Morgan fingerprint density at radius 1 is 1.48 bits per heavy atom. The molecule has 6 nitrogen and oxygen atoms in total. The molecule has 0 bridgehead atoms. The van der Waals surface area contributed by atoms with Gasteiger partial charge in [-0.05, 0) is 19.1 Å². The summed E-state index contributed by atoms with van der Waals surface area (Å²) in [5.74, 6) is 0.324. The number of hydrogen-bond donors (Lipinski definition) is 2. The molecule has 0 unspecified atom stereocenters. The second-order valence-electron chi connectivity index (χ2n) is 4.53. The van der Waals surface area contributed by atoms with Crippen LogP contribution < -0.4 is 5.32 Å². The van der Waals surface area contributed by atoms with Gasteiger partial charge in [-0.2, -0.15) is 5.10 Å². The highest BCUT2D eigenvalue weighted by Crippen LogP contribution is 2.21. The molecule has 2 aromatic rings. The Kier molecular flexibility index (Phi) is 4.52. The topological polar surface area (TPSA) is 79.9 Å². The highest BCUT2D eigenvalue weighted by atomic mass is 19.1. The summed E-state index contributed by atoms with van der Waals surface area (Å²) >= 11 is 0. The van der Waals surface area contributed by atoms with Crippen LogP contribution in [0, 0.1) is 12.7 Å². The summed E-state index contributed by atoms with van der Waals surface area (Å²) in [6.45, 7) is 3.95. The van der Waals surface area contributed by atoms with E-state index in [-0.39, 0.29) is 5.56 Å². The first kappa shape index (κ1) is 15.0. The first-order chi connectivity index (χ1) is 10.0. The summed E-state index contributed by atoms with van der Waals surface area (Å²) in [7, 11) is 1.26. The van der Waals surface area contributed by atoms with E-state index in [0.717, 1.165) is 18.3 Å². The van der Waals surface area contributed by atoms with Crippen LogP contribution in [0.1, 0.15) is 34.5 Å². The molecule has 0 amide bonds. The van der Waals surface area contributed by atoms with Gasteiger partial charge < -0.3 is 10.1 Å². The number of carbonyl (C=O) groups is 1. The van der Waals surface area contributed by atoms with E-state index in [1.165, 1.54) is 7.11 Å². The van der Waals surface area contributed by atoms with Gasteiger partial charge in [-0.1, -0.05) is 6.92 Å². The molecule has 1 aromatic carbocycles. The highest BCUT2D eigenvalue weighted by molar-refractivity contribution is 5.90. The van der Waals surface area contributed by atoms with Crippen LogP contribution in [-0.4, -0.2) is 28.3 Å². The number of hydrogen-bond acceptors (Lipinski definition) is 5. The third-order valence-electron chi connectivity index (χ3n) is 3.11. The lowest BCUT2D eigenvalue weighted by Crippen LogP contribution is -2.08. The highest BCUT2D eigenvalue weighted by Gasteiger charge is 2.13. The van der Waals surface area contributed by atoms with Gasteiger partial charge in [0.25, 0.3) is 0 Å². The van der Waals surface area contributed by atoms with Gasteiger partial charge in [0.1, 0.15) is 11.6 Å². The summed E-state index contributed by atoms with van der Waals surface area (Å²) in [5.41, 5.74) is 1.11. The summed E-state index contributed by atoms with van der Waals surface area (Å²) in [5, 5.41) is 9.87. The van der Waals surface area contributed by atoms with Gasteiger partial charge in [0, 0.05) is 17.7 Å². The molecule has 0 spiro atoms. The smallest absolute Gasteiger partial charge is 0.338 e. The van der Waals surface area contributed by atoms with Crippen molar-refractivity contribution < 1.29 is 13.9 Å². The molecule has 2 N–H and O–H groups in total. The summed E-state index contributed by atoms with van der Waals surface area (Å²) in [4.78, 5) is 15.8. The minimum absolute atomic E-state index is 0.162. The number of ether oxygens (including phenoxy) is 1. The Morgan fingerprint density at radius 3 is 2.86 bits per heavy atom. The molecule has 7 heteroatoms. The van der Waals surface area contributed by atoms with Gasteiger partial charge in [0.15, 0.2) is 5.82 Å². The molecule has 21 heavy (non-hydrogen) atoms. The van der Waals surface area contributed by atoms with Crippen molar-refractivity contribution in [2.45, 2.75) is 26.8 Å². The van der Waals surface area contributed by atoms with Crippen LogP contribution >= 0.6 is 0 Å². The van der Waals surface area contributed by atoms with Gasteiger partial charge in [-0.25, -0.2) is 14.2 Å². The molecule has 0 saturated carbocycles. The minimum atomic E-state index is -0.579. The van der Waals surface area contributed by atoms with E-state index in [9.17, 15) is 9.18 Å². The van der Waals surface area contributed by atoms with Crippen molar-refractivity contribution in [3.63, 3.8) is 0 Å². The van der Waals surface area contributed by atoms with Crippen molar-refractivity contribution in [3.05, 3.63) is 40.7 Å².